The molecule has 1 aromatic carbocycles. The highest BCUT2D eigenvalue weighted by Crippen LogP contribution is 1.96. The van der Waals surface area contributed by atoms with E-state index in [1.54, 1.807) is 19.2 Å². The fourth-order valence-corrected chi connectivity index (χ4v) is 0.958. The van der Waals surface area contributed by atoms with Crippen molar-refractivity contribution in [3.63, 3.8) is 0 Å². The largest absolute Gasteiger partial charge is 0.383 e. The van der Waals surface area contributed by atoms with Crippen LogP contribution in [0.3, 0.4) is 0 Å². The van der Waals surface area contributed by atoms with Crippen LogP contribution < -0.4 is 5.32 Å². The highest BCUT2D eigenvalue weighted by molar-refractivity contribution is 5.94. The maximum atomic E-state index is 11.4. The molecule has 0 radical (unpaired) electrons. The zero-order valence-electron chi connectivity index (χ0n) is 7.62. The third kappa shape index (κ3) is 3.25. The van der Waals surface area contributed by atoms with Crippen molar-refractivity contribution in [1.29, 1.82) is 0 Å². The summed E-state index contributed by atoms with van der Waals surface area (Å²) >= 11 is 0. The van der Waals surface area contributed by atoms with Crippen molar-refractivity contribution in [2.45, 2.75) is 0 Å². The minimum absolute atomic E-state index is 0.0577. The monoisotopic (exact) mass is 179 g/mol. The van der Waals surface area contributed by atoms with Crippen LogP contribution in [-0.4, -0.2) is 26.2 Å². The Kier molecular flexibility index (Phi) is 3.99. The number of rotatable bonds is 4. The minimum Gasteiger partial charge on any atom is -0.383 e. The molecule has 1 amide bonds. The summed E-state index contributed by atoms with van der Waals surface area (Å²) in [5.41, 5.74) is 0.679. The van der Waals surface area contributed by atoms with Gasteiger partial charge in [-0.25, -0.2) is 0 Å². The van der Waals surface area contributed by atoms with E-state index in [9.17, 15) is 4.79 Å². The lowest BCUT2D eigenvalue weighted by molar-refractivity contribution is 0.0937. The summed E-state index contributed by atoms with van der Waals surface area (Å²) in [6.07, 6.45) is 0. The van der Waals surface area contributed by atoms with Gasteiger partial charge < -0.3 is 10.1 Å². The van der Waals surface area contributed by atoms with Crippen molar-refractivity contribution in [1.82, 2.24) is 5.32 Å². The van der Waals surface area contributed by atoms with Crippen LogP contribution in [-0.2, 0) is 4.74 Å². The van der Waals surface area contributed by atoms with E-state index >= 15 is 0 Å². The second-order valence-electron chi connectivity index (χ2n) is 2.61. The van der Waals surface area contributed by atoms with E-state index in [1.807, 2.05) is 18.2 Å². The van der Waals surface area contributed by atoms with Crippen LogP contribution in [0.15, 0.2) is 30.3 Å². The van der Waals surface area contributed by atoms with Crippen molar-refractivity contribution in [3.05, 3.63) is 35.9 Å². The molecule has 0 bridgehead atoms. The Morgan fingerprint density at radius 3 is 2.69 bits per heavy atom. The number of ether oxygens (including phenoxy) is 1. The van der Waals surface area contributed by atoms with Gasteiger partial charge in [-0.1, -0.05) is 18.2 Å². The molecular formula is C10H13NO2. The van der Waals surface area contributed by atoms with Crippen molar-refractivity contribution in [2.75, 3.05) is 20.3 Å². The molecule has 0 atom stereocenters. The quantitative estimate of drug-likeness (QED) is 0.702. The summed E-state index contributed by atoms with van der Waals surface area (Å²) in [7, 11) is 1.61. The Morgan fingerprint density at radius 1 is 1.38 bits per heavy atom. The van der Waals surface area contributed by atoms with Gasteiger partial charge in [-0.05, 0) is 12.1 Å². The molecule has 0 heterocycles. The van der Waals surface area contributed by atoms with Crippen LogP contribution in [0.1, 0.15) is 10.4 Å². The number of carbonyl (C=O) groups is 1. The predicted molar refractivity (Wildman–Crippen MR) is 50.7 cm³/mol. The van der Waals surface area contributed by atoms with E-state index in [-0.39, 0.29) is 5.91 Å². The lowest BCUT2D eigenvalue weighted by atomic mass is 10.2. The molecule has 0 saturated heterocycles. The van der Waals surface area contributed by atoms with Gasteiger partial charge in [-0.3, -0.25) is 4.79 Å². The van der Waals surface area contributed by atoms with Gasteiger partial charge >= 0.3 is 0 Å². The third-order valence-corrected chi connectivity index (χ3v) is 1.63. The predicted octanol–water partition coefficient (Wildman–Crippen LogP) is 1.06. The Balaban J connectivity index is 2.40. The van der Waals surface area contributed by atoms with Crippen molar-refractivity contribution in [2.24, 2.45) is 0 Å². The zero-order valence-corrected chi connectivity index (χ0v) is 7.62. The summed E-state index contributed by atoms with van der Waals surface area (Å²) < 4.78 is 4.81. The Labute approximate surface area is 77.7 Å². The maximum Gasteiger partial charge on any atom is 0.251 e. The molecule has 1 rings (SSSR count). The molecule has 70 valence electrons. The average Bonchev–Trinajstić information content (AvgIpc) is 2.19. The van der Waals surface area contributed by atoms with E-state index in [1.165, 1.54) is 0 Å². The van der Waals surface area contributed by atoms with Crippen molar-refractivity contribution in [3.8, 4) is 0 Å². The summed E-state index contributed by atoms with van der Waals surface area (Å²) in [6, 6.07) is 9.12. The maximum absolute atomic E-state index is 11.4. The van der Waals surface area contributed by atoms with Gasteiger partial charge in [0, 0.05) is 19.2 Å². The van der Waals surface area contributed by atoms with E-state index in [4.69, 9.17) is 4.74 Å². The highest BCUT2D eigenvalue weighted by Gasteiger charge is 2.01. The molecule has 0 unspecified atom stereocenters. The smallest absolute Gasteiger partial charge is 0.251 e. The van der Waals surface area contributed by atoms with Gasteiger partial charge in [0.15, 0.2) is 0 Å². The summed E-state index contributed by atoms with van der Waals surface area (Å²) in [4.78, 5) is 11.4. The molecule has 1 N–H and O–H groups in total. The van der Waals surface area contributed by atoms with E-state index in [0.29, 0.717) is 18.7 Å². The Morgan fingerprint density at radius 2 is 2.08 bits per heavy atom. The van der Waals surface area contributed by atoms with Gasteiger partial charge in [0.05, 0.1) is 6.61 Å². The third-order valence-electron chi connectivity index (χ3n) is 1.63. The van der Waals surface area contributed by atoms with Crippen molar-refractivity contribution < 1.29 is 9.53 Å². The molecule has 0 spiro atoms. The minimum atomic E-state index is -0.0577. The molecule has 0 fully saturated rings. The lowest BCUT2D eigenvalue weighted by Crippen LogP contribution is -2.26. The van der Waals surface area contributed by atoms with Crippen LogP contribution in [0.4, 0.5) is 0 Å². The van der Waals surface area contributed by atoms with Crippen LogP contribution in [0.25, 0.3) is 0 Å². The number of hydrogen-bond acceptors (Lipinski definition) is 2. The molecule has 0 aliphatic carbocycles. The molecular weight excluding hydrogens is 166 g/mol. The Hall–Kier alpha value is -1.35. The van der Waals surface area contributed by atoms with Crippen LogP contribution in [0.2, 0.25) is 0 Å². The van der Waals surface area contributed by atoms with Crippen LogP contribution in [0, 0.1) is 0 Å². The molecule has 3 heteroatoms. The number of benzene rings is 1. The molecule has 0 aromatic heterocycles. The first-order chi connectivity index (χ1) is 6.34. The topological polar surface area (TPSA) is 38.3 Å². The average molecular weight is 179 g/mol. The van der Waals surface area contributed by atoms with E-state index in [0.717, 1.165) is 0 Å². The van der Waals surface area contributed by atoms with Gasteiger partial charge in [-0.2, -0.15) is 0 Å². The number of carbonyl (C=O) groups excluding carboxylic acids is 1. The van der Waals surface area contributed by atoms with Crippen LogP contribution >= 0.6 is 0 Å². The van der Waals surface area contributed by atoms with E-state index < -0.39 is 0 Å². The number of hydrogen-bond donors (Lipinski definition) is 1. The fraction of sp³-hybridized carbons (Fsp3) is 0.300. The highest BCUT2D eigenvalue weighted by atomic mass is 16.5. The summed E-state index contributed by atoms with van der Waals surface area (Å²) in [6.45, 7) is 1.09. The van der Waals surface area contributed by atoms with Gasteiger partial charge in [0.25, 0.3) is 5.91 Å². The van der Waals surface area contributed by atoms with Gasteiger partial charge in [0.2, 0.25) is 0 Å². The Bertz CT molecular complexity index is 259. The summed E-state index contributed by atoms with van der Waals surface area (Å²) in [5.74, 6) is -0.0577. The molecule has 0 saturated carbocycles. The molecule has 0 aliphatic heterocycles. The first-order valence-corrected chi connectivity index (χ1v) is 4.17. The van der Waals surface area contributed by atoms with Gasteiger partial charge in [-0.15, -0.1) is 0 Å². The number of nitrogens with one attached hydrogen (secondary N) is 1. The second kappa shape index (κ2) is 5.32. The van der Waals surface area contributed by atoms with Gasteiger partial charge in [0.1, 0.15) is 0 Å². The van der Waals surface area contributed by atoms with E-state index in [2.05, 4.69) is 5.32 Å². The second-order valence-corrected chi connectivity index (χ2v) is 2.61. The first-order valence-electron chi connectivity index (χ1n) is 4.17. The number of amides is 1. The number of methoxy groups -OCH3 is 1. The first kappa shape index (κ1) is 9.74. The fourth-order valence-electron chi connectivity index (χ4n) is 0.958. The standard InChI is InChI=1S/C10H13NO2/c1-13-8-7-11-10(12)9-5-3-2-4-6-9/h2-6H,7-8H2,1H3,(H,11,12). The van der Waals surface area contributed by atoms with Crippen LogP contribution in [0.5, 0.6) is 0 Å². The molecule has 1 aromatic rings. The SMILES string of the molecule is COCCNC(=O)c1ccccc1. The molecule has 3 nitrogen and oxygen atoms in total. The zero-order chi connectivity index (χ0) is 9.52. The summed E-state index contributed by atoms with van der Waals surface area (Å²) in [5, 5.41) is 2.74. The normalized spacial score (nSPS) is 9.62. The van der Waals surface area contributed by atoms with Crippen molar-refractivity contribution >= 4 is 5.91 Å². The lowest BCUT2D eigenvalue weighted by Gasteiger charge is -2.03. The molecule has 0 aliphatic rings. The molecule has 13 heavy (non-hydrogen) atoms.